The summed E-state index contributed by atoms with van der Waals surface area (Å²) in [4.78, 5) is 20.1. The average Bonchev–Trinajstić information content (AvgIpc) is 2.25. The lowest BCUT2D eigenvalue weighted by atomic mass is 10.3. The highest BCUT2D eigenvalue weighted by atomic mass is 35.5. The van der Waals surface area contributed by atoms with Crippen LogP contribution in [-0.2, 0) is 0 Å². The van der Waals surface area contributed by atoms with Crippen LogP contribution in [0, 0.1) is 0 Å². The van der Waals surface area contributed by atoms with Gasteiger partial charge >= 0.3 is 0 Å². The lowest BCUT2D eigenvalue weighted by molar-refractivity contribution is 0.720. The van der Waals surface area contributed by atoms with Crippen LogP contribution in [0.5, 0.6) is 0 Å². The van der Waals surface area contributed by atoms with Gasteiger partial charge in [0.05, 0.1) is 0 Å². The van der Waals surface area contributed by atoms with Crippen LogP contribution in [0.1, 0.15) is 19.8 Å². The summed E-state index contributed by atoms with van der Waals surface area (Å²) in [5, 5.41) is 0. The van der Waals surface area contributed by atoms with Crippen molar-refractivity contribution in [2.75, 3.05) is 23.9 Å². The maximum absolute atomic E-state index is 11.5. The van der Waals surface area contributed by atoms with Gasteiger partial charge in [0, 0.05) is 31.4 Å². The summed E-state index contributed by atoms with van der Waals surface area (Å²) in [6.45, 7) is 3.59. The molecule has 1 N–H and O–H groups in total. The molecule has 0 aliphatic carbocycles. The zero-order valence-electron chi connectivity index (χ0n) is 8.87. The van der Waals surface area contributed by atoms with E-state index in [-0.39, 0.29) is 5.56 Å². The SMILES string of the molecule is CCCCN(CCCl)c1ncc[nH]c1=O. The van der Waals surface area contributed by atoms with E-state index in [4.69, 9.17) is 11.6 Å². The molecule has 1 aromatic rings. The number of nitrogens with one attached hydrogen (secondary N) is 1. The maximum atomic E-state index is 11.5. The van der Waals surface area contributed by atoms with Crippen LogP contribution in [0.4, 0.5) is 5.82 Å². The minimum Gasteiger partial charge on any atom is -0.351 e. The fraction of sp³-hybridized carbons (Fsp3) is 0.600. The molecule has 84 valence electrons. The van der Waals surface area contributed by atoms with E-state index in [1.54, 1.807) is 6.20 Å². The topological polar surface area (TPSA) is 49.0 Å². The first-order chi connectivity index (χ1) is 7.29. The van der Waals surface area contributed by atoms with E-state index in [2.05, 4.69) is 16.9 Å². The molecule has 0 aliphatic heterocycles. The van der Waals surface area contributed by atoms with E-state index in [0.717, 1.165) is 19.4 Å². The molecule has 0 saturated heterocycles. The molecule has 1 aromatic heterocycles. The number of alkyl halides is 1. The van der Waals surface area contributed by atoms with Crippen LogP contribution in [0.15, 0.2) is 17.2 Å². The van der Waals surface area contributed by atoms with Crippen molar-refractivity contribution in [3.05, 3.63) is 22.7 Å². The number of aromatic nitrogens is 2. The molecule has 1 rings (SSSR count). The van der Waals surface area contributed by atoms with Crippen LogP contribution in [-0.4, -0.2) is 28.9 Å². The number of anilines is 1. The molecule has 0 radical (unpaired) electrons. The van der Waals surface area contributed by atoms with Crippen LogP contribution >= 0.6 is 11.6 Å². The molecule has 1 heterocycles. The summed E-state index contributed by atoms with van der Waals surface area (Å²) in [5.41, 5.74) is -0.154. The predicted molar refractivity (Wildman–Crippen MR) is 62.7 cm³/mol. The predicted octanol–water partition coefficient (Wildman–Crippen LogP) is 1.62. The van der Waals surface area contributed by atoms with Crippen LogP contribution in [0.25, 0.3) is 0 Å². The Bertz CT molecular complexity index is 339. The van der Waals surface area contributed by atoms with E-state index in [9.17, 15) is 4.79 Å². The number of nitrogens with zero attached hydrogens (tertiary/aromatic N) is 2. The summed E-state index contributed by atoms with van der Waals surface area (Å²) in [5.74, 6) is 0.964. The van der Waals surface area contributed by atoms with Gasteiger partial charge in [0.1, 0.15) is 0 Å². The number of rotatable bonds is 6. The van der Waals surface area contributed by atoms with Crippen molar-refractivity contribution < 1.29 is 0 Å². The van der Waals surface area contributed by atoms with Gasteiger partial charge in [-0.3, -0.25) is 4.79 Å². The Balaban J connectivity index is 2.79. The molecule has 0 aromatic carbocycles. The second kappa shape index (κ2) is 6.45. The number of hydrogen-bond donors (Lipinski definition) is 1. The van der Waals surface area contributed by atoms with Crippen molar-refractivity contribution >= 4 is 17.4 Å². The molecule has 0 saturated carbocycles. The van der Waals surface area contributed by atoms with Gasteiger partial charge in [-0.25, -0.2) is 4.98 Å². The van der Waals surface area contributed by atoms with Gasteiger partial charge < -0.3 is 9.88 Å². The number of unbranched alkanes of at least 4 members (excludes halogenated alkanes) is 1. The second-order valence-corrected chi connectivity index (χ2v) is 3.65. The number of aromatic amines is 1. The van der Waals surface area contributed by atoms with Crippen molar-refractivity contribution in [3.63, 3.8) is 0 Å². The molecule has 0 bridgehead atoms. The smallest absolute Gasteiger partial charge is 0.290 e. The Labute approximate surface area is 94.3 Å². The van der Waals surface area contributed by atoms with E-state index in [0.29, 0.717) is 18.2 Å². The largest absolute Gasteiger partial charge is 0.351 e. The first-order valence-corrected chi connectivity index (χ1v) is 5.67. The summed E-state index contributed by atoms with van der Waals surface area (Å²) in [6, 6.07) is 0. The first-order valence-electron chi connectivity index (χ1n) is 5.14. The molecule has 0 amide bonds. The fourth-order valence-electron chi connectivity index (χ4n) is 1.34. The van der Waals surface area contributed by atoms with E-state index in [1.165, 1.54) is 6.20 Å². The zero-order chi connectivity index (χ0) is 11.1. The van der Waals surface area contributed by atoms with Crippen LogP contribution in [0.2, 0.25) is 0 Å². The lowest BCUT2D eigenvalue weighted by Crippen LogP contribution is -2.32. The Morgan fingerprint density at radius 3 is 2.93 bits per heavy atom. The van der Waals surface area contributed by atoms with Crippen molar-refractivity contribution in [1.82, 2.24) is 9.97 Å². The van der Waals surface area contributed by atoms with Crippen molar-refractivity contribution in [2.24, 2.45) is 0 Å². The first kappa shape index (κ1) is 12.0. The maximum Gasteiger partial charge on any atom is 0.290 e. The summed E-state index contributed by atoms with van der Waals surface area (Å²) in [6.07, 6.45) is 5.24. The molecule has 5 heteroatoms. The second-order valence-electron chi connectivity index (χ2n) is 3.27. The number of halogens is 1. The van der Waals surface area contributed by atoms with Gasteiger partial charge in [-0.15, -0.1) is 11.6 Å². The highest BCUT2D eigenvalue weighted by Gasteiger charge is 2.09. The number of hydrogen-bond acceptors (Lipinski definition) is 3. The highest BCUT2D eigenvalue weighted by molar-refractivity contribution is 6.18. The van der Waals surface area contributed by atoms with Crippen LogP contribution < -0.4 is 10.5 Å². The average molecular weight is 230 g/mol. The molecule has 0 spiro atoms. The third kappa shape index (κ3) is 3.55. The van der Waals surface area contributed by atoms with E-state index in [1.807, 2.05) is 4.90 Å². The molecular formula is C10H16ClN3O. The van der Waals surface area contributed by atoms with E-state index < -0.39 is 0 Å². The van der Waals surface area contributed by atoms with E-state index >= 15 is 0 Å². The van der Waals surface area contributed by atoms with Crippen LogP contribution in [0.3, 0.4) is 0 Å². The Morgan fingerprint density at radius 2 is 2.33 bits per heavy atom. The normalized spacial score (nSPS) is 10.3. The van der Waals surface area contributed by atoms with Gasteiger partial charge in [-0.1, -0.05) is 13.3 Å². The fourth-order valence-corrected chi connectivity index (χ4v) is 1.55. The van der Waals surface area contributed by atoms with Crippen molar-refractivity contribution in [3.8, 4) is 0 Å². The monoisotopic (exact) mass is 229 g/mol. The minimum atomic E-state index is -0.154. The van der Waals surface area contributed by atoms with Gasteiger partial charge in [0.15, 0.2) is 5.82 Å². The summed E-state index contributed by atoms with van der Waals surface area (Å²) in [7, 11) is 0. The molecular weight excluding hydrogens is 214 g/mol. The molecule has 0 atom stereocenters. The van der Waals surface area contributed by atoms with Gasteiger partial charge in [0.25, 0.3) is 5.56 Å². The summed E-state index contributed by atoms with van der Waals surface area (Å²) < 4.78 is 0. The van der Waals surface area contributed by atoms with Gasteiger partial charge in [-0.05, 0) is 6.42 Å². The Kier molecular flexibility index (Phi) is 5.18. The highest BCUT2D eigenvalue weighted by Crippen LogP contribution is 2.04. The third-order valence-electron chi connectivity index (χ3n) is 2.12. The van der Waals surface area contributed by atoms with Gasteiger partial charge in [-0.2, -0.15) is 0 Å². The third-order valence-corrected chi connectivity index (χ3v) is 2.29. The molecule has 0 unspecified atom stereocenters. The lowest BCUT2D eigenvalue weighted by Gasteiger charge is -2.21. The van der Waals surface area contributed by atoms with Gasteiger partial charge in [0.2, 0.25) is 0 Å². The molecule has 4 nitrogen and oxygen atoms in total. The quantitative estimate of drug-likeness (QED) is 0.755. The number of H-pyrrole nitrogens is 1. The Morgan fingerprint density at radius 1 is 1.53 bits per heavy atom. The van der Waals surface area contributed by atoms with Crippen molar-refractivity contribution in [2.45, 2.75) is 19.8 Å². The minimum absolute atomic E-state index is 0.154. The zero-order valence-corrected chi connectivity index (χ0v) is 9.63. The molecule has 0 aliphatic rings. The molecule has 15 heavy (non-hydrogen) atoms. The standard InChI is InChI=1S/C10H16ClN3O/c1-2-3-7-14(8-4-11)9-10(15)13-6-5-12-9/h5-6H,2-4,7-8H2,1H3,(H,13,15). The summed E-state index contributed by atoms with van der Waals surface area (Å²) >= 11 is 5.70. The molecule has 0 fully saturated rings. The van der Waals surface area contributed by atoms with Crippen molar-refractivity contribution in [1.29, 1.82) is 0 Å². The Hall–Kier alpha value is -1.03.